The molecular weight excluding hydrogens is 429 g/mol. The molecule has 0 fully saturated rings. The van der Waals surface area contributed by atoms with Gasteiger partial charge in [0.25, 0.3) is 0 Å². The Hall–Kier alpha value is -3.17. The summed E-state index contributed by atoms with van der Waals surface area (Å²) in [6.45, 7) is 1.56. The predicted octanol–water partition coefficient (Wildman–Crippen LogP) is 3.78. The van der Waals surface area contributed by atoms with Gasteiger partial charge in [-0.3, -0.25) is 4.79 Å². The molecule has 0 unspecified atom stereocenters. The lowest BCUT2D eigenvalue weighted by molar-refractivity contribution is -0.117. The molecule has 2 aromatic heterocycles. The molecule has 1 N–H and O–H groups in total. The van der Waals surface area contributed by atoms with Gasteiger partial charge in [-0.1, -0.05) is 35.5 Å². The first-order valence-electron chi connectivity index (χ1n) is 8.84. The number of anilines is 1. The number of carbonyl (C=O) groups is 1. The number of aryl methyl sites for hydroxylation is 1. The molecule has 1 amide bonds. The molecule has 0 aliphatic rings. The molecule has 2 heterocycles. The van der Waals surface area contributed by atoms with Crippen LogP contribution in [-0.2, 0) is 11.3 Å². The fraction of sp³-hybridized carbons (Fsp3) is 0.100. The Kier molecular flexibility index (Phi) is 5.56. The summed E-state index contributed by atoms with van der Waals surface area (Å²) in [5, 5.41) is 7.91. The van der Waals surface area contributed by atoms with Gasteiger partial charge in [0.2, 0.25) is 5.91 Å². The van der Waals surface area contributed by atoms with Crippen molar-refractivity contribution < 1.29 is 9.18 Å². The highest BCUT2D eigenvalue weighted by atomic mass is 35.5. The van der Waals surface area contributed by atoms with E-state index in [9.17, 15) is 14.0 Å². The van der Waals surface area contributed by atoms with E-state index in [0.717, 1.165) is 10.2 Å². The molecule has 152 valence electrons. The molecule has 0 bridgehead atoms. The van der Waals surface area contributed by atoms with Crippen molar-refractivity contribution in [2.75, 3.05) is 5.32 Å². The molecule has 4 aromatic rings. The molecule has 4 rings (SSSR count). The van der Waals surface area contributed by atoms with E-state index in [1.54, 1.807) is 30.3 Å². The summed E-state index contributed by atoms with van der Waals surface area (Å²) in [5.41, 5.74) is 1.20. The lowest BCUT2D eigenvalue weighted by Gasteiger charge is -2.08. The Balaban J connectivity index is 1.61. The zero-order chi connectivity index (χ0) is 21.3. The number of rotatable bonds is 5. The van der Waals surface area contributed by atoms with Gasteiger partial charge < -0.3 is 5.32 Å². The summed E-state index contributed by atoms with van der Waals surface area (Å²) in [6.07, 6.45) is 2.92. The average Bonchev–Trinajstić information content (AvgIpc) is 3.01. The van der Waals surface area contributed by atoms with E-state index < -0.39 is 11.6 Å². The van der Waals surface area contributed by atoms with Crippen LogP contribution in [0.3, 0.4) is 0 Å². The molecule has 10 heteroatoms. The molecule has 0 aliphatic carbocycles. The number of fused-ring (bicyclic) bond motifs is 1. The maximum atomic E-state index is 13.5. The van der Waals surface area contributed by atoms with Crippen molar-refractivity contribution in [2.45, 2.75) is 23.4 Å². The van der Waals surface area contributed by atoms with Crippen LogP contribution in [0.2, 0.25) is 5.02 Å². The number of hydrogen-bond donors (Lipinski definition) is 1. The summed E-state index contributed by atoms with van der Waals surface area (Å²) in [5.74, 6) is -0.791. The summed E-state index contributed by atoms with van der Waals surface area (Å²) in [6, 6.07) is 11.2. The van der Waals surface area contributed by atoms with E-state index in [-0.39, 0.29) is 18.0 Å². The van der Waals surface area contributed by atoms with Crippen LogP contribution < -0.4 is 11.0 Å². The Morgan fingerprint density at radius 3 is 2.90 bits per heavy atom. The van der Waals surface area contributed by atoms with Gasteiger partial charge in [0.1, 0.15) is 17.4 Å². The van der Waals surface area contributed by atoms with Gasteiger partial charge in [-0.15, -0.1) is 5.10 Å². The number of benzene rings is 2. The molecule has 0 atom stereocenters. The average molecular weight is 444 g/mol. The summed E-state index contributed by atoms with van der Waals surface area (Å²) in [4.78, 5) is 30.0. The first-order chi connectivity index (χ1) is 14.4. The van der Waals surface area contributed by atoms with E-state index in [2.05, 4.69) is 15.4 Å². The Morgan fingerprint density at radius 2 is 2.10 bits per heavy atom. The smallest absolute Gasteiger partial charge is 0.324 e. The van der Waals surface area contributed by atoms with Crippen LogP contribution in [0.15, 0.2) is 69.6 Å². The van der Waals surface area contributed by atoms with Crippen LogP contribution in [0.4, 0.5) is 10.1 Å². The topological polar surface area (TPSA) is 81.3 Å². The minimum Gasteiger partial charge on any atom is -0.324 e. The van der Waals surface area contributed by atoms with Crippen molar-refractivity contribution in [3.05, 3.63) is 81.7 Å². The molecule has 0 aliphatic heterocycles. The van der Waals surface area contributed by atoms with E-state index >= 15 is 0 Å². The van der Waals surface area contributed by atoms with E-state index in [1.807, 2.05) is 6.92 Å². The van der Waals surface area contributed by atoms with Crippen molar-refractivity contribution >= 4 is 40.6 Å². The number of halogens is 2. The quantitative estimate of drug-likeness (QED) is 0.507. The van der Waals surface area contributed by atoms with Crippen molar-refractivity contribution in [3.8, 4) is 0 Å². The molecular formula is C20H15ClFN5O2S. The first-order valence-corrected chi connectivity index (χ1v) is 10.0. The zero-order valence-corrected chi connectivity index (χ0v) is 17.2. The lowest BCUT2D eigenvalue weighted by Crippen LogP contribution is -2.28. The van der Waals surface area contributed by atoms with Crippen LogP contribution in [0.5, 0.6) is 0 Å². The first kappa shape index (κ1) is 20.1. The Labute approximate surface area is 179 Å². The Bertz CT molecular complexity index is 1320. The number of amides is 1. The maximum Gasteiger partial charge on any atom is 0.350 e. The second-order valence-corrected chi connectivity index (χ2v) is 7.93. The van der Waals surface area contributed by atoms with Gasteiger partial charge in [-0.25, -0.2) is 23.3 Å². The van der Waals surface area contributed by atoms with E-state index in [4.69, 9.17) is 11.6 Å². The fourth-order valence-corrected chi connectivity index (χ4v) is 3.86. The summed E-state index contributed by atoms with van der Waals surface area (Å²) in [7, 11) is 0. The Morgan fingerprint density at radius 1 is 1.27 bits per heavy atom. The number of nitrogens with zero attached hydrogens (tertiary/aromatic N) is 4. The van der Waals surface area contributed by atoms with E-state index in [0.29, 0.717) is 20.6 Å². The van der Waals surface area contributed by atoms with E-state index in [1.165, 1.54) is 40.7 Å². The SMILES string of the molecule is Cc1ccc(Cl)cc1NC(=O)Cn1nc2c(Sc3cccc(F)c3)nccn2c1=O. The fourth-order valence-electron chi connectivity index (χ4n) is 2.80. The van der Waals surface area contributed by atoms with Gasteiger partial charge in [-0.05, 0) is 42.8 Å². The van der Waals surface area contributed by atoms with Crippen LogP contribution >= 0.6 is 23.4 Å². The van der Waals surface area contributed by atoms with Crippen molar-refractivity contribution in [3.63, 3.8) is 0 Å². The predicted molar refractivity (Wildman–Crippen MR) is 113 cm³/mol. The van der Waals surface area contributed by atoms with Gasteiger partial charge in [0.05, 0.1) is 0 Å². The molecule has 0 spiro atoms. The van der Waals surface area contributed by atoms with Crippen molar-refractivity contribution in [2.24, 2.45) is 0 Å². The second kappa shape index (κ2) is 8.29. The third-order valence-corrected chi connectivity index (χ3v) is 5.45. The highest BCUT2D eigenvalue weighted by Gasteiger charge is 2.16. The number of carbonyl (C=O) groups excluding carboxylic acids is 1. The standard InChI is InChI=1S/C20H15ClFN5O2S/c1-12-5-6-13(21)9-16(12)24-17(28)11-27-20(29)26-8-7-23-19(18(26)25-27)30-15-4-2-3-14(22)10-15/h2-10H,11H2,1H3,(H,24,28). The lowest BCUT2D eigenvalue weighted by atomic mass is 10.2. The number of hydrogen-bond acceptors (Lipinski definition) is 5. The molecule has 0 radical (unpaired) electrons. The summed E-state index contributed by atoms with van der Waals surface area (Å²) >= 11 is 7.15. The minimum absolute atomic E-state index is 0.281. The molecule has 0 saturated heterocycles. The third-order valence-electron chi connectivity index (χ3n) is 4.25. The highest BCUT2D eigenvalue weighted by Crippen LogP contribution is 2.28. The summed E-state index contributed by atoms with van der Waals surface area (Å²) < 4.78 is 15.8. The van der Waals surface area contributed by atoms with Crippen molar-refractivity contribution in [1.82, 2.24) is 19.2 Å². The van der Waals surface area contributed by atoms with Crippen LogP contribution in [0, 0.1) is 12.7 Å². The van der Waals surface area contributed by atoms with Gasteiger partial charge in [0.15, 0.2) is 5.65 Å². The largest absolute Gasteiger partial charge is 0.350 e. The van der Waals surface area contributed by atoms with Crippen LogP contribution in [0.25, 0.3) is 5.65 Å². The third kappa shape index (κ3) is 4.22. The van der Waals surface area contributed by atoms with Crippen LogP contribution in [0.1, 0.15) is 5.56 Å². The molecule has 2 aromatic carbocycles. The number of aromatic nitrogens is 4. The number of nitrogens with one attached hydrogen (secondary N) is 1. The normalized spacial score (nSPS) is 11.0. The zero-order valence-electron chi connectivity index (χ0n) is 15.7. The monoisotopic (exact) mass is 443 g/mol. The van der Waals surface area contributed by atoms with Gasteiger partial charge in [-0.2, -0.15) is 0 Å². The highest BCUT2D eigenvalue weighted by molar-refractivity contribution is 7.99. The van der Waals surface area contributed by atoms with Gasteiger partial charge >= 0.3 is 5.69 Å². The second-order valence-electron chi connectivity index (χ2n) is 6.43. The molecule has 0 saturated carbocycles. The molecule has 30 heavy (non-hydrogen) atoms. The molecule has 7 nitrogen and oxygen atoms in total. The van der Waals surface area contributed by atoms with Crippen molar-refractivity contribution in [1.29, 1.82) is 0 Å². The van der Waals surface area contributed by atoms with Gasteiger partial charge in [0, 0.05) is 28.0 Å². The maximum absolute atomic E-state index is 13.5. The van der Waals surface area contributed by atoms with Crippen LogP contribution in [-0.4, -0.2) is 25.1 Å². The minimum atomic E-state index is -0.480.